The second-order valence-electron chi connectivity index (χ2n) is 6.10. The second kappa shape index (κ2) is 5.96. The third-order valence-corrected chi connectivity index (χ3v) is 4.51. The first-order chi connectivity index (χ1) is 9.79. The van der Waals surface area contributed by atoms with Crippen LogP contribution in [-0.4, -0.2) is 25.7 Å². The minimum atomic E-state index is -0.193. The van der Waals surface area contributed by atoms with Gasteiger partial charge >= 0.3 is 5.97 Å². The minimum Gasteiger partial charge on any atom is -0.469 e. The molecule has 0 saturated heterocycles. The number of hydrogen-bond acceptors (Lipinski definition) is 3. The molecule has 1 unspecified atom stereocenters. The smallest absolute Gasteiger partial charge is 0.314 e. The quantitative estimate of drug-likeness (QED) is 0.776. The molecule has 2 aliphatic carbocycles. The van der Waals surface area contributed by atoms with Gasteiger partial charge in [0.1, 0.15) is 0 Å². The van der Waals surface area contributed by atoms with E-state index in [1.54, 1.807) is 0 Å². The van der Waals surface area contributed by atoms with E-state index in [4.69, 9.17) is 4.74 Å². The van der Waals surface area contributed by atoms with Crippen LogP contribution in [0.1, 0.15) is 37.2 Å². The van der Waals surface area contributed by atoms with Gasteiger partial charge in [-0.05, 0) is 43.1 Å². The molecule has 1 atom stereocenters. The summed E-state index contributed by atoms with van der Waals surface area (Å²) in [5, 5.41) is 3.66. The molecule has 20 heavy (non-hydrogen) atoms. The molecule has 0 spiro atoms. The minimum absolute atomic E-state index is 0.144. The number of hydrogen-bond donors (Lipinski definition) is 1. The average Bonchev–Trinajstić information content (AvgIpc) is 3.37. The molecule has 3 rings (SSSR count). The van der Waals surface area contributed by atoms with E-state index in [0.717, 1.165) is 17.4 Å². The predicted octanol–water partition coefficient (Wildman–Crippen LogP) is 2.72. The van der Waals surface area contributed by atoms with Crippen LogP contribution < -0.4 is 5.32 Å². The molecule has 0 bridgehead atoms. The number of ether oxygens (including phenoxy) is 1. The van der Waals surface area contributed by atoms with Crippen LogP contribution in [0.3, 0.4) is 0 Å². The van der Waals surface area contributed by atoms with Crippen molar-refractivity contribution >= 4 is 5.97 Å². The van der Waals surface area contributed by atoms with E-state index in [-0.39, 0.29) is 11.9 Å². The first-order valence-electron chi connectivity index (χ1n) is 7.65. The Morgan fingerprint density at radius 3 is 2.30 bits per heavy atom. The SMILES string of the molecule is COC(=O)C(CNC(C1CC1)C1CC1)c1ccccc1. The maximum Gasteiger partial charge on any atom is 0.314 e. The van der Waals surface area contributed by atoms with Gasteiger partial charge in [-0.3, -0.25) is 4.79 Å². The Morgan fingerprint density at radius 1 is 1.20 bits per heavy atom. The summed E-state index contributed by atoms with van der Waals surface area (Å²) >= 11 is 0. The largest absolute Gasteiger partial charge is 0.469 e. The van der Waals surface area contributed by atoms with Gasteiger partial charge in [-0.1, -0.05) is 30.3 Å². The van der Waals surface area contributed by atoms with Crippen molar-refractivity contribution in [3.8, 4) is 0 Å². The molecular formula is C17H23NO2. The van der Waals surface area contributed by atoms with Crippen LogP contribution in [0.25, 0.3) is 0 Å². The fourth-order valence-electron chi connectivity index (χ4n) is 3.05. The molecule has 0 aromatic heterocycles. The van der Waals surface area contributed by atoms with Crippen LogP contribution in [0.2, 0.25) is 0 Å². The Bertz CT molecular complexity index is 439. The summed E-state index contributed by atoms with van der Waals surface area (Å²) in [6, 6.07) is 10.6. The second-order valence-corrected chi connectivity index (χ2v) is 6.10. The Hall–Kier alpha value is -1.35. The molecule has 2 saturated carbocycles. The summed E-state index contributed by atoms with van der Waals surface area (Å²) in [5.74, 6) is 1.35. The summed E-state index contributed by atoms with van der Waals surface area (Å²) in [5.41, 5.74) is 1.04. The van der Waals surface area contributed by atoms with Gasteiger partial charge in [0.15, 0.2) is 0 Å². The first-order valence-corrected chi connectivity index (χ1v) is 7.65. The number of benzene rings is 1. The zero-order valence-electron chi connectivity index (χ0n) is 12.0. The van der Waals surface area contributed by atoms with E-state index in [0.29, 0.717) is 12.6 Å². The van der Waals surface area contributed by atoms with Crippen molar-refractivity contribution in [3.63, 3.8) is 0 Å². The fraction of sp³-hybridized carbons (Fsp3) is 0.588. The molecule has 1 N–H and O–H groups in total. The van der Waals surface area contributed by atoms with Crippen molar-refractivity contribution in [2.45, 2.75) is 37.6 Å². The van der Waals surface area contributed by atoms with Crippen molar-refractivity contribution in [2.75, 3.05) is 13.7 Å². The summed E-state index contributed by atoms with van der Waals surface area (Å²) < 4.78 is 4.97. The summed E-state index contributed by atoms with van der Waals surface area (Å²) in [6.07, 6.45) is 5.40. The third kappa shape index (κ3) is 3.21. The van der Waals surface area contributed by atoms with E-state index < -0.39 is 0 Å². The zero-order valence-corrected chi connectivity index (χ0v) is 12.0. The number of nitrogens with one attached hydrogen (secondary N) is 1. The number of carbonyl (C=O) groups is 1. The molecule has 108 valence electrons. The van der Waals surface area contributed by atoms with Gasteiger partial charge < -0.3 is 10.1 Å². The van der Waals surface area contributed by atoms with Crippen molar-refractivity contribution < 1.29 is 9.53 Å². The molecule has 0 aliphatic heterocycles. The lowest BCUT2D eigenvalue weighted by molar-refractivity contribution is -0.142. The van der Waals surface area contributed by atoms with Crippen LogP contribution in [-0.2, 0) is 9.53 Å². The molecule has 2 fully saturated rings. The highest BCUT2D eigenvalue weighted by Crippen LogP contribution is 2.44. The standard InChI is InChI=1S/C17H23NO2/c1-20-17(19)15(12-5-3-2-4-6-12)11-18-16(13-7-8-13)14-9-10-14/h2-6,13-16,18H,7-11H2,1H3. The van der Waals surface area contributed by atoms with E-state index in [1.807, 2.05) is 30.3 Å². The van der Waals surface area contributed by atoms with E-state index in [9.17, 15) is 4.79 Å². The maximum atomic E-state index is 12.0. The van der Waals surface area contributed by atoms with Gasteiger partial charge in [-0.2, -0.15) is 0 Å². The lowest BCUT2D eigenvalue weighted by atomic mass is 9.98. The summed E-state index contributed by atoms with van der Waals surface area (Å²) in [6.45, 7) is 0.689. The van der Waals surface area contributed by atoms with Crippen LogP contribution in [0.5, 0.6) is 0 Å². The number of methoxy groups -OCH3 is 1. The Labute approximate surface area is 120 Å². The summed E-state index contributed by atoms with van der Waals surface area (Å²) in [4.78, 5) is 12.0. The fourth-order valence-corrected chi connectivity index (χ4v) is 3.05. The van der Waals surface area contributed by atoms with Gasteiger partial charge in [-0.25, -0.2) is 0 Å². The van der Waals surface area contributed by atoms with E-state index in [2.05, 4.69) is 5.32 Å². The molecule has 0 heterocycles. The summed E-state index contributed by atoms with van der Waals surface area (Å²) in [7, 11) is 1.47. The van der Waals surface area contributed by atoms with Crippen molar-refractivity contribution in [3.05, 3.63) is 35.9 Å². The van der Waals surface area contributed by atoms with Crippen LogP contribution in [0.4, 0.5) is 0 Å². The van der Waals surface area contributed by atoms with E-state index in [1.165, 1.54) is 32.8 Å². The molecule has 3 nitrogen and oxygen atoms in total. The van der Waals surface area contributed by atoms with Crippen molar-refractivity contribution in [1.29, 1.82) is 0 Å². The molecular weight excluding hydrogens is 250 g/mol. The topological polar surface area (TPSA) is 38.3 Å². The normalized spacial score (nSPS) is 19.9. The van der Waals surface area contributed by atoms with E-state index >= 15 is 0 Å². The van der Waals surface area contributed by atoms with Crippen LogP contribution in [0.15, 0.2) is 30.3 Å². The highest BCUT2D eigenvalue weighted by atomic mass is 16.5. The van der Waals surface area contributed by atoms with Gasteiger partial charge in [0.25, 0.3) is 0 Å². The Balaban J connectivity index is 1.65. The monoisotopic (exact) mass is 273 g/mol. The molecule has 3 heteroatoms. The lowest BCUT2D eigenvalue weighted by Crippen LogP contribution is -2.38. The van der Waals surface area contributed by atoms with Crippen LogP contribution in [0, 0.1) is 11.8 Å². The highest BCUT2D eigenvalue weighted by molar-refractivity contribution is 5.78. The molecule has 2 aliphatic rings. The van der Waals surface area contributed by atoms with Crippen molar-refractivity contribution in [1.82, 2.24) is 5.32 Å². The molecule has 1 aromatic carbocycles. The maximum absolute atomic E-state index is 12.0. The number of carbonyl (C=O) groups excluding carboxylic acids is 1. The molecule has 0 amide bonds. The highest BCUT2D eigenvalue weighted by Gasteiger charge is 2.41. The molecule has 0 radical (unpaired) electrons. The predicted molar refractivity (Wildman–Crippen MR) is 78.4 cm³/mol. The zero-order chi connectivity index (χ0) is 13.9. The lowest BCUT2D eigenvalue weighted by Gasteiger charge is -2.22. The average molecular weight is 273 g/mol. The van der Waals surface area contributed by atoms with Gasteiger partial charge in [-0.15, -0.1) is 0 Å². The van der Waals surface area contributed by atoms with Crippen molar-refractivity contribution in [2.24, 2.45) is 11.8 Å². The Kier molecular flexibility index (Phi) is 4.06. The van der Waals surface area contributed by atoms with Gasteiger partial charge in [0.2, 0.25) is 0 Å². The number of rotatable bonds is 7. The first kappa shape index (κ1) is 13.6. The van der Waals surface area contributed by atoms with Crippen LogP contribution >= 0.6 is 0 Å². The van der Waals surface area contributed by atoms with Gasteiger partial charge in [0, 0.05) is 12.6 Å². The third-order valence-electron chi connectivity index (χ3n) is 4.51. The van der Waals surface area contributed by atoms with Gasteiger partial charge in [0.05, 0.1) is 13.0 Å². The Morgan fingerprint density at radius 2 is 1.80 bits per heavy atom. The number of esters is 1. The molecule has 1 aromatic rings.